The van der Waals surface area contributed by atoms with Crippen LogP contribution in [-0.4, -0.2) is 15.0 Å². The van der Waals surface area contributed by atoms with Crippen molar-refractivity contribution in [3.05, 3.63) is 252 Å². The minimum Gasteiger partial charge on any atom is -0.303 e. The fourth-order valence-electron chi connectivity index (χ4n) is 11.0. The zero-order valence-corrected chi connectivity index (χ0v) is 35.7. The van der Waals surface area contributed by atoms with Crippen LogP contribution in [0.5, 0.6) is 0 Å². The third kappa shape index (κ3) is 5.78. The molecule has 0 bridgehead atoms. The van der Waals surface area contributed by atoms with Crippen molar-refractivity contribution in [1.82, 2.24) is 15.0 Å². The molecule has 2 N–H and O–H groups in total. The Bertz CT molecular complexity index is 3290. The Morgan fingerprint density at radius 1 is 0.422 bits per heavy atom. The van der Waals surface area contributed by atoms with E-state index in [9.17, 15) is 0 Å². The number of quaternary nitrogens is 1. The molecule has 4 aliphatic rings. The molecular formula is C59H41N4S+. The molecule has 4 nitrogen and oxygen atoms in total. The highest BCUT2D eigenvalue weighted by molar-refractivity contribution is 7.99. The molecule has 64 heavy (non-hydrogen) atoms. The van der Waals surface area contributed by atoms with Crippen LogP contribution in [0.25, 0.3) is 56.4 Å². The number of hydrogen-bond acceptors (Lipinski definition) is 4. The first-order chi connectivity index (χ1) is 31.7. The molecule has 302 valence electrons. The van der Waals surface area contributed by atoms with Crippen LogP contribution in [0.3, 0.4) is 0 Å². The number of nitrogens with zero attached hydrogens (tertiary/aromatic N) is 3. The zero-order valence-electron chi connectivity index (χ0n) is 34.8. The van der Waals surface area contributed by atoms with Gasteiger partial charge in [-0.25, -0.2) is 15.0 Å². The maximum atomic E-state index is 4.99. The predicted molar refractivity (Wildman–Crippen MR) is 258 cm³/mol. The third-order valence-electron chi connectivity index (χ3n) is 13.8. The van der Waals surface area contributed by atoms with Crippen molar-refractivity contribution in [1.29, 1.82) is 0 Å². The maximum absolute atomic E-state index is 4.99. The topological polar surface area (TPSA) is 55.3 Å². The fraction of sp³-hybridized carbons (Fsp3) is 0.0678. The van der Waals surface area contributed by atoms with Gasteiger partial charge in [0.25, 0.3) is 0 Å². The van der Waals surface area contributed by atoms with Crippen LogP contribution in [0.4, 0.5) is 5.69 Å². The molecule has 2 aliphatic carbocycles. The van der Waals surface area contributed by atoms with E-state index < -0.39 is 0 Å². The van der Waals surface area contributed by atoms with E-state index >= 15 is 0 Å². The van der Waals surface area contributed by atoms with Crippen molar-refractivity contribution in [2.24, 2.45) is 5.92 Å². The monoisotopic (exact) mass is 837 g/mol. The summed E-state index contributed by atoms with van der Waals surface area (Å²) in [5.74, 6) is 2.55. The summed E-state index contributed by atoms with van der Waals surface area (Å²) in [5.41, 5.74) is 17.1. The predicted octanol–water partition coefficient (Wildman–Crippen LogP) is 13.1. The Morgan fingerprint density at radius 2 is 1.00 bits per heavy atom. The van der Waals surface area contributed by atoms with Gasteiger partial charge in [0.1, 0.15) is 11.7 Å². The zero-order chi connectivity index (χ0) is 42.2. The van der Waals surface area contributed by atoms with Crippen LogP contribution in [0.2, 0.25) is 0 Å². The van der Waals surface area contributed by atoms with Crippen molar-refractivity contribution < 1.29 is 5.32 Å². The summed E-state index contributed by atoms with van der Waals surface area (Å²) in [6, 6.07) is 70.7. The molecule has 0 fully saturated rings. The van der Waals surface area contributed by atoms with Gasteiger partial charge in [-0.3, -0.25) is 0 Å². The SMILES string of the molecule is C1=CC2c3ccccc3C3(c4ccccc4Sc4cc5c(cc43)C(c3ccccc3)[NH2+]c3ccc(-c4ccc(-c6nc(-c7ccccc7)nc(-c7ccccc7)n6)cc4)cc3-5)C2C=C1. The fourth-order valence-corrected chi connectivity index (χ4v) is 12.2. The van der Waals surface area contributed by atoms with E-state index in [-0.39, 0.29) is 17.4 Å². The van der Waals surface area contributed by atoms with Gasteiger partial charge in [0, 0.05) is 61.1 Å². The molecule has 0 saturated heterocycles. The molecule has 8 aromatic carbocycles. The quantitative estimate of drug-likeness (QED) is 0.175. The minimum atomic E-state index is -0.317. The molecular weight excluding hydrogens is 797 g/mol. The summed E-state index contributed by atoms with van der Waals surface area (Å²) < 4.78 is 0. The average Bonchev–Trinajstić information content (AvgIpc) is 3.67. The lowest BCUT2D eigenvalue weighted by molar-refractivity contribution is -0.608. The first kappa shape index (κ1) is 37.1. The molecule has 0 amide bonds. The molecule has 9 aromatic rings. The highest BCUT2D eigenvalue weighted by atomic mass is 32.2. The molecule has 3 heterocycles. The first-order valence-corrected chi connectivity index (χ1v) is 22.9. The van der Waals surface area contributed by atoms with Gasteiger partial charge in [-0.1, -0.05) is 194 Å². The van der Waals surface area contributed by atoms with Crippen LogP contribution in [0.15, 0.2) is 228 Å². The minimum absolute atomic E-state index is 0.106. The van der Waals surface area contributed by atoms with Gasteiger partial charge in [-0.2, -0.15) is 0 Å². The highest BCUT2D eigenvalue weighted by Gasteiger charge is 2.56. The van der Waals surface area contributed by atoms with E-state index in [1.54, 1.807) is 0 Å². The number of rotatable bonds is 5. The lowest BCUT2D eigenvalue weighted by atomic mass is 9.62. The molecule has 2 aliphatic heterocycles. The lowest BCUT2D eigenvalue weighted by Crippen LogP contribution is -2.80. The third-order valence-corrected chi connectivity index (χ3v) is 15.0. The van der Waals surface area contributed by atoms with Gasteiger partial charge in [-0.15, -0.1) is 0 Å². The van der Waals surface area contributed by atoms with Crippen LogP contribution in [0, 0.1) is 5.92 Å². The molecule has 0 saturated carbocycles. The Labute approximate surface area is 377 Å². The second-order valence-electron chi connectivity index (χ2n) is 17.2. The summed E-state index contributed by atoms with van der Waals surface area (Å²) in [5, 5.41) is 2.49. The Kier molecular flexibility index (Phi) is 8.61. The van der Waals surface area contributed by atoms with Crippen molar-refractivity contribution in [2.45, 2.75) is 27.2 Å². The van der Waals surface area contributed by atoms with Gasteiger partial charge >= 0.3 is 0 Å². The summed E-state index contributed by atoms with van der Waals surface area (Å²) in [6.45, 7) is 0. The average molecular weight is 838 g/mol. The lowest BCUT2D eigenvalue weighted by Gasteiger charge is -2.44. The number of aromatic nitrogens is 3. The summed E-state index contributed by atoms with van der Waals surface area (Å²) in [4.78, 5) is 17.6. The second kappa shape index (κ2) is 14.8. The summed E-state index contributed by atoms with van der Waals surface area (Å²) >= 11 is 1.93. The van der Waals surface area contributed by atoms with Gasteiger partial charge in [-0.05, 0) is 69.3 Å². The smallest absolute Gasteiger partial charge is 0.164 e. The number of nitrogens with two attached hydrogens (primary N) is 1. The molecule has 5 heteroatoms. The Morgan fingerprint density at radius 3 is 1.72 bits per heavy atom. The van der Waals surface area contributed by atoms with Crippen LogP contribution in [0.1, 0.15) is 45.3 Å². The van der Waals surface area contributed by atoms with Crippen molar-refractivity contribution in [2.75, 3.05) is 0 Å². The molecule has 13 rings (SSSR count). The van der Waals surface area contributed by atoms with E-state index in [4.69, 9.17) is 15.0 Å². The van der Waals surface area contributed by atoms with Crippen LogP contribution in [-0.2, 0) is 5.41 Å². The van der Waals surface area contributed by atoms with Gasteiger partial charge in [0.2, 0.25) is 0 Å². The van der Waals surface area contributed by atoms with E-state index in [1.807, 2.05) is 72.4 Å². The first-order valence-electron chi connectivity index (χ1n) is 22.1. The van der Waals surface area contributed by atoms with Gasteiger partial charge < -0.3 is 5.32 Å². The second-order valence-corrected chi connectivity index (χ2v) is 18.3. The van der Waals surface area contributed by atoms with E-state index in [0.717, 1.165) is 22.3 Å². The summed E-state index contributed by atoms with van der Waals surface area (Å²) in [6.07, 6.45) is 9.43. The molecule has 4 unspecified atom stereocenters. The van der Waals surface area contributed by atoms with Gasteiger partial charge in [0.15, 0.2) is 17.5 Å². The molecule has 0 radical (unpaired) electrons. The van der Waals surface area contributed by atoms with Crippen molar-refractivity contribution in [3.8, 4) is 56.4 Å². The molecule has 1 spiro atoms. The number of hydrogen-bond donors (Lipinski definition) is 1. The standard InChI is InChI=1S/C59H40N4S/c1-4-16-38(17-5-1)55-47-35-51-54(64-53-27-15-14-26-50(53)59(51)48-24-12-10-22-43(48)44-23-11-13-25-49(44)59)36-45(47)46-34-42(32-33-52(46)60-55)37-28-30-41(31-29-37)58-62-56(39-18-6-2-7-19-39)61-57(63-58)40-20-8-3-9-21-40/h1-36,43,48,55,60H/p+1. The van der Waals surface area contributed by atoms with Crippen molar-refractivity contribution >= 4 is 17.4 Å². The number of fused-ring (bicyclic) bond motifs is 12. The largest absolute Gasteiger partial charge is 0.303 e. The van der Waals surface area contributed by atoms with E-state index in [0.29, 0.717) is 23.4 Å². The maximum Gasteiger partial charge on any atom is 0.164 e. The molecule has 4 atom stereocenters. The number of allylic oxidation sites excluding steroid dienone is 4. The van der Waals surface area contributed by atoms with E-state index in [1.165, 1.54) is 65.5 Å². The van der Waals surface area contributed by atoms with Crippen LogP contribution >= 0.6 is 11.8 Å². The molecule has 1 aromatic heterocycles. The Balaban J connectivity index is 0.948. The van der Waals surface area contributed by atoms with Crippen LogP contribution < -0.4 is 5.32 Å². The highest BCUT2D eigenvalue weighted by Crippen LogP contribution is 2.65. The number of benzene rings is 8. The Hall–Kier alpha value is -7.44. The summed E-state index contributed by atoms with van der Waals surface area (Å²) in [7, 11) is 0. The normalized spacial score (nSPS) is 19.5. The van der Waals surface area contributed by atoms with E-state index in [2.05, 4.69) is 163 Å². The van der Waals surface area contributed by atoms with Crippen molar-refractivity contribution in [3.63, 3.8) is 0 Å². The van der Waals surface area contributed by atoms with Gasteiger partial charge in [0.05, 0.1) is 5.41 Å².